The van der Waals surface area contributed by atoms with Crippen LogP contribution in [0.25, 0.3) is 0 Å². The van der Waals surface area contributed by atoms with Crippen molar-refractivity contribution in [3.63, 3.8) is 0 Å². The van der Waals surface area contributed by atoms with Crippen molar-refractivity contribution < 1.29 is 14.4 Å². The first-order valence-electron chi connectivity index (χ1n) is 12.8. The van der Waals surface area contributed by atoms with Crippen molar-refractivity contribution in [3.05, 3.63) is 113 Å². The Bertz CT molecular complexity index is 1510. The van der Waals surface area contributed by atoms with E-state index < -0.39 is 6.03 Å². The highest BCUT2D eigenvalue weighted by Crippen LogP contribution is 2.28. The fraction of sp³-hybridized carbons (Fsp3) is 0.194. The van der Waals surface area contributed by atoms with Gasteiger partial charge in [0.05, 0.1) is 29.7 Å². The summed E-state index contributed by atoms with van der Waals surface area (Å²) >= 11 is 0. The molecule has 1 aromatic heterocycles. The van der Waals surface area contributed by atoms with Gasteiger partial charge in [0.1, 0.15) is 0 Å². The van der Waals surface area contributed by atoms with E-state index >= 15 is 0 Å². The number of hydrogen-bond donors (Lipinski definition) is 3. The summed E-state index contributed by atoms with van der Waals surface area (Å²) in [5.41, 5.74) is 6.09. The number of nitrogens with one attached hydrogen (secondary N) is 3. The van der Waals surface area contributed by atoms with Gasteiger partial charge < -0.3 is 20.5 Å². The highest BCUT2D eigenvalue weighted by Gasteiger charge is 2.21. The van der Waals surface area contributed by atoms with E-state index in [1.165, 1.54) is 6.92 Å². The molecule has 9 heteroatoms. The second-order valence-electron chi connectivity index (χ2n) is 9.46. The molecule has 3 amide bonds. The number of aromatic amines is 1. The smallest absolute Gasteiger partial charge is 0.323 e. The van der Waals surface area contributed by atoms with Gasteiger partial charge in [-0.05, 0) is 85.5 Å². The first-order chi connectivity index (χ1) is 19.4. The van der Waals surface area contributed by atoms with E-state index in [-0.39, 0.29) is 11.8 Å². The van der Waals surface area contributed by atoms with Gasteiger partial charge in [0.15, 0.2) is 5.78 Å². The number of H-pyrrole nitrogens is 1. The number of Topliss-reactive ketones (excluding diaryl/α,β-unsaturated/α-hetero) is 1. The Morgan fingerprint density at radius 1 is 1.05 bits per heavy atom. The summed E-state index contributed by atoms with van der Waals surface area (Å²) in [5.74, 6) is -0.0399. The molecule has 4 rings (SSSR count). The molecule has 0 saturated carbocycles. The number of nitrogens with zero attached hydrogens (tertiary/aromatic N) is 3. The Balaban J connectivity index is 1.48. The number of amides is 3. The maximum absolute atomic E-state index is 12.5. The topological polar surface area (TPSA) is 131 Å². The van der Waals surface area contributed by atoms with E-state index in [1.807, 2.05) is 43.5 Å². The molecule has 1 atom stereocenters. The number of nitriles is 1. The maximum atomic E-state index is 12.5. The SMILES string of the molecule is CC(=O)c1ccc(NC(=O)Nc2ccc(CC(c3ccc(C#N)cc3)N(C=O)CCc3c[nH]cn3)c(C)c2)cc1. The summed E-state index contributed by atoms with van der Waals surface area (Å²) in [7, 11) is 0. The van der Waals surface area contributed by atoms with Crippen molar-refractivity contribution in [2.45, 2.75) is 32.7 Å². The predicted molar refractivity (Wildman–Crippen MR) is 153 cm³/mol. The lowest BCUT2D eigenvalue weighted by Gasteiger charge is -2.29. The summed E-state index contributed by atoms with van der Waals surface area (Å²) in [6, 6.07) is 21.1. The third-order valence-corrected chi connectivity index (χ3v) is 6.70. The first kappa shape index (κ1) is 27.8. The molecule has 40 heavy (non-hydrogen) atoms. The zero-order valence-electron chi connectivity index (χ0n) is 22.3. The van der Waals surface area contributed by atoms with Crippen molar-refractivity contribution in [1.29, 1.82) is 5.26 Å². The van der Waals surface area contributed by atoms with Crippen LogP contribution in [-0.2, 0) is 17.6 Å². The molecule has 1 heterocycles. The van der Waals surface area contributed by atoms with Gasteiger partial charge in [-0.1, -0.05) is 18.2 Å². The molecule has 202 valence electrons. The summed E-state index contributed by atoms with van der Waals surface area (Å²) < 4.78 is 0. The van der Waals surface area contributed by atoms with Gasteiger partial charge in [0.25, 0.3) is 0 Å². The van der Waals surface area contributed by atoms with Gasteiger partial charge in [-0.25, -0.2) is 9.78 Å². The van der Waals surface area contributed by atoms with Gasteiger partial charge in [0, 0.05) is 36.1 Å². The molecular weight excluding hydrogens is 504 g/mol. The number of rotatable bonds is 11. The van der Waals surface area contributed by atoms with Crippen LogP contribution in [0.5, 0.6) is 0 Å². The summed E-state index contributed by atoms with van der Waals surface area (Å²) in [5, 5.41) is 14.8. The van der Waals surface area contributed by atoms with Gasteiger partial charge >= 0.3 is 6.03 Å². The Kier molecular flexibility index (Phi) is 9.05. The van der Waals surface area contributed by atoms with Gasteiger partial charge in [-0.3, -0.25) is 9.59 Å². The van der Waals surface area contributed by atoms with E-state index in [4.69, 9.17) is 0 Å². The zero-order valence-corrected chi connectivity index (χ0v) is 22.3. The van der Waals surface area contributed by atoms with Crippen LogP contribution in [-0.4, -0.2) is 39.6 Å². The van der Waals surface area contributed by atoms with Crippen LogP contribution in [0.15, 0.2) is 79.3 Å². The number of benzene rings is 3. The lowest BCUT2D eigenvalue weighted by molar-refractivity contribution is -0.120. The lowest BCUT2D eigenvalue weighted by atomic mass is 9.94. The van der Waals surface area contributed by atoms with E-state index in [2.05, 4.69) is 26.7 Å². The quantitative estimate of drug-likeness (QED) is 0.175. The maximum Gasteiger partial charge on any atom is 0.323 e. The molecule has 0 fully saturated rings. The van der Waals surface area contributed by atoms with Crippen LogP contribution >= 0.6 is 0 Å². The minimum absolute atomic E-state index is 0.0399. The second kappa shape index (κ2) is 13.0. The molecule has 0 aliphatic carbocycles. The van der Waals surface area contributed by atoms with Crippen LogP contribution in [0.1, 0.15) is 51.3 Å². The van der Waals surface area contributed by atoms with Crippen molar-refractivity contribution >= 4 is 29.6 Å². The van der Waals surface area contributed by atoms with Gasteiger partial charge in [-0.2, -0.15) is 5.26 Å². The Morgan fingerprint density at radius 2 is 1.75 bits per heavy atom. The molecule has 3 aromatic carbocycles. The standard InChI is InChI=1S/C31H30N6O3/c1-21-15-28(36-31(40)35-27-10-7-24(8-11-27)22(2)39)12-9-26(21)16-30(25-5-3-23(17-32)4-6-25)37(20-38)14-13-29-18-33-19-34-29/h3-12,15,18-20,30H,13-14,16H2,1-2H3,(H,33,34)(H2,35,36,40). The molecule has 0 aliphatic heterocycles. The lowest BCUT2D eigenvalue weighted by Crippen LogP contribution is -2.31. The monoisotopic (exact) mass is 534 g/mol. The van der Waals surface area contributed by atoms with Gasteiger partial charge in [-0.15, -0.1) is 0 Å². The summed E-state index contributed by atoms with van der Waals surface area (Å²) in [6.07, 6.45) is 5.43. The molecule has 1 unspecified atom stereocenters. The van der Waals surface area contributed by atoms with Crippen LogP contribution in [0, 0.1) is 18.3 Å². The number of hydrogen-bond acceptors (Lipinski definition) is 5. The average Bonchev–Trinajstić information content (AvgIpc) is 3.48. The number of aromatic nitrogens is 2. The third-order valence-electron chi connectivity index (χ3n) is 6.70. The highest BCUT2D eigenvalue weighted by atomic mass is 16.2. The summed E-state index contributed by atoms with van der Waals surface area (Å²) in [4.78, 5) is 45.2. The molecule has 9 nitrogen and oxygen atoms in total. The zero-order chi connectivity index (χ0) is 28.5. The largest absolute Gasteiger partial charge is 0.351 e. The van der Waals surface area contributed by atoms with E-state index in [1.54, 1.807) is 47.6 Å². The molecule has 0 spiro atoms. The van der Waals surface area contributed by atoms with Crippen molar-refractivity contribution in [1.82, 2.24) is 14.9 Å². The molecule has 3 N–H and O–H groups in total. The van der Waals surface area contributed by atoms with Crippen LogP contribution in [0.4, 0.5) is 16.2 Å². The van der Waals surface area contributed by atoms with Crippen molar-refractivity contribution in [3.8, 4) is 6.07 Å². The Labute approximate surface area is 232 Å². The van der Waals surface area contributed by atoms with Crippen molar-refractivity contribution in [2.75, 3.05) is 17.2 Å². The number of carbonyl (C=O) groups excluding carboxylic acids is 3. The Morgan fingerprint density at radius 3 is 2.35 bits per heavy atom. The predicted octanol–water partition coefficient (Wildman–Crippen LogP) is 5.42. The number of ketones is 1. The Hall–Kier alpha value is -5.23. The first-order valence-corrected chi connectivity index (χ1v) is 12.8. The number of imidazole rings is 1. The fourth-order valence-corrected chi connectivity index (χ4v) is 4.45. The molecule has 0 radical (unpaired) electrons. The number of anilines is 2. The normalized spacial score (nSPS) is 11.2. The van der Waals surface area contributed by atoms with Crippen LogP contribution in [0.3, 0.4) is 0 Å². The number of urea groups is 1. The van der Waals surface area contributed by atoms with Crippen LogP contribution < -0.4 is 10.6 Å². The fourth-order valence-electron chi connectivity index (χ4n) is 4.45. The molecule has 0 bridgehead atoms. The molecule has 0 aliphatic rings. The highest BCUT2D eigenvalue weighted by molar-refractivity contribution is 6.00. The molecule has 4 aromatic rings. The number of carbonyl (C=O) groups is 3. The van der Waals surface area contributed by atoms with E-state index in [0.717, 1.165) is 28.8 Å². The second-order valence-corrected chi connectivity index (χ2v) is 9.46. The van der Waals surface area contributed by atoms with Crippen LogP contribution in [0.2, 0.25) is 0 Å². The van der Waals surface area contributed by atoms with E-state index in [0.29, 0.717) is 41.9 Å². The minimum atomic E-state index is -0.399. The third kappa shape index (κ3) is 7.20. The summed E-state index contributed by atoms with van der Waals surface area (Å²) in [6.45, 7) is 3.93. The average molecular weight is 535 g/mol. The van der Waals surface area contributed by atoms with E-state index in [9.17, 15) is 19.6 Å². The minimum Gasteiger partial charge on any atom is -0.351 e. The van der Waals surface area contributed by atoms with Crippen molar-refractivity contribution in [2.24, 2.45) is 0 Å². The van der Waals surface area contributed by atoms with Gasteiger partial charge in [0.2, 0.25) is 6.41 Å². The number of aryl methyl sites for hydroxylation is 1. The molecule has 0 saturated heterocycles. The molecular formula is C31H30N6O3.